The first-order valence-corrected chi connectivity index (χ1v) is 5.19. The van der Waals surface area contributed by atoms with Crippen molar-refractivity contribution in [3.63, 3.8) is 0 Å². The summed E-state index contributed by atoms with van der Waals surface area (Å²) in [4.78, 5) is 0. The fourth-order valence-electron chi connectivity index (χ4n) is 0.675. The summed E-state index contributed by atoms with van der Waals surface area (Å²) in [7, 11) is -3.54. The van der Waals surface area contributed by atoms with E-state index in [-0.39, 0.29) is 6.42 Å². The van der Waals surface area contributed by atoms with E-state index in [0.29, 0.717) is 0 Å². The van der Waals surface area contributed by atoms with Crippen molar-refractivity contribution in [1.82, 2.24) is 4.72 Å². The number of sulfonamides is 1. The molecule has 0 amide bonds. The molecule has 12 heavy (non-hydrogen) atoms. The molecule has 0 bridgehead atoms. The van der Waals surface area contributed by atoms with E-state index in [1.807, 2.05) is 4.72 Å². The number of hydrogen-bond acceptors (Lipinski definition) is 2. The summed E-state index contributed by atoms with van der Waals surface area (Å²) in [6, 6.07) is -1.18. The summed E-state index contributed by atoms with van der Waals surface area (Å²) in [6.07, 6.45) is -0.376. The fourth-order valence-corrected chi connectivity index (χ4v) is 1.60. The van der Waals surface area contributed by atoms with Crippen LogP contribution in [-0.2, 0) is 10.0 Å². The van der Waals surface area contributed by atoms with Crippen molar-refractivity contribution in [3.8, 4) is 0 Å². The molecule has 1 aliphatic rings. The lowest BCUT2D eigenvalue weighted by atomic mass is 10.6. The van der Waals surface area contributed by atoms with Crippen molar-refractivity contribution in [1.29, 1.82) is 0 Å². The van der Waals surface area contributed by atoms with Gasteiger partial charge in [-0.1, -0.05) is 0 Å². The molecule has 1 unspecified atom stereocenters. The third kappa shape index (κ3) is 1.92. The molecule has 0 saturated heterocycles. The predicted octanol–water partition coefficient (Wildman–Crippen LogP) is 0.722. The van der Waals surface area contributed by atoms with Gasteiger partial charge in [-0.2, -0.15) is 0 Å². The number of nitrogens with one attached hydrogen (secondary N) is 1. The van der Waals surface area contributed by atoms with Crippen molar-refractivity contribution < 1.29 is 17.2 Å². The minimum absolute atomic E-state index is 0.376. The van der Waals surface area contributed by atoms with E-state index in [0.717, 1.165) is 0 Å². The van der Waals surface area contributed by atoms with Crippen molar-refractivity contribution in [2.24, 2.45) is 0 Å². The molecule has 0 aliphatic heterocycles. The Labute approximate surface area is 70.2 Å². The first kappa shape index (κ1) is 9.85. The molecule has 1 N–H and O–H groups in total. The van der Waals surface area contributed by atoms with Gasteiger partial charge in [-0.05, 0) is 13.8 Å². The van der Waals surface area contributed by atoms with Gasteiger partial charge in [-0.15, -0.1) is 0 Å². The van der Waals surface area contributed by atoms with Crippen molar-refractivity contribution in [2.45, 2.75) is 37.5 Å². The first-order valence-electron chi connectivity index (χ1n) is 3.64. The molecule has 0 aromatic heterocycles. The smallest absolute Gasteiger partial charge is 0.212 e. The van der Waals surface area contributed by atoms with Crippen molar-refractivity contribution in [3.05, 3.63) is 0 Å². The minimum atomic E-state index is -3.54. The third-order valence-corrected chi connectivity index (χ3v) is 3.61. The van der Waals surface area contributed by atoms with Crippen LogP contribution in [0.5, 0.6) is 0 Å². The summed E-state index contributed by atoms with van der Waals surface area (Å²) >= 11 is 0. The van der Waals surface area contributed by atoms with Crippen LogP contribution >= 0.6 is 0 Å². The molecular formula is C6H11F2NO2S. The lowest BCUT2D eigenvalue weighted by Gasteiger charge is -2.07. The average molecular weight is 199 g/mol. The van der Waals surface area contributed by atoms with Gasteiger partial charge in [0.15, 0.2) is 0 Å². The van der Waals surface area contributed by atoms with E-state index >= 15 is 0 Å². The topological polar surface area (TPSA) is 46.2 Å². The predicted molar refractivity (Wildman–Crippen MR) is 40.5 cm³/mol. The van der Waals surface area contributed by atoms with Crippen LogP contribution in [0.4, 0.5) is 8.78 Å². The quantitative estimate of drug-likeness (QED) is 0.728. The highest BCUT2D eigenvalue weighted by atomic mass is 32.2. The zero-order valence-corrected chi connectivity index (χ0v) is 7.66. The van der Waals surface area contributed by atoms with Gasteiger partial charge in [0.2, 0.25) is 10.0 Å². The summed E-state index contributed by atoms with van der Waals surface area (Å²) in [6.45, 7) is 2.89. The second-order valence-electron chi connectivity index (χ2n) is 3.23. The van der Waals surface area contributed by atoms with E-state index < -0.39 is 27.2 Å². The molecule has 1 fully saturated rings. The zero-order chi connectivity index (χ0) is 9.57. The number of rotatable bonds is 3. The van der Waals surface area contributed by atoms with Crippen molar-refractivity contribution in [2.75, 3.05) is 0 Å². The second-order valence-corrected chi connectivity index (χ2v) is 5.50. The second kappa shape index (κ2) is 2.63. The number of alkyl halides is 2. The molecule has 0 heterocycles. The Morgan fingerprint density at radius 2 is 1.92 bits per heavy atom. The maximum Gasteiger partial charge on any atom is 0.266 e. The molecule has 1 atom stereocenters. The normalized spacial score (nSPS) is 27.6. The van der Waals surface area contributed by atoms with Crippen LogP contribution in [0.3, 0.4) is 0 Å². The highest BCUT2D eigenvalue weighted by molar-refractivity contribution is 7.90. The first-order chi connectivity index (χ1) is 5.26. The van der Waals surface area contributed by atoms with Gasteiger partial charge in [0.1, 0.15) is 0 Å². The molecule has 72 valence electrons. The van der Waals surface area contributed by atoms with Gasteiger partial charge in [0.05, 0.1) is 11.3 Å². The Morgan fingerprint density at radius 1 is 1.50 bits per heavy atom. The van der Waals surface area contributed by atoms with Gasteiger partial charge in [-0.25, -0.2) is 21.9 Å². The molecule has 6 heteroatoms. The van der Waals surface area contributed by atoms with E-state index in [9.17, 15) is 17.2 Å². The highest BCUT2D eigenvalue weighted by Gasteiger charge is 2.58. The Kier molecular flexibility index (Phi) is 2.16. The van der Waals surface area contributed by atoms with Crippen LogP contribution in [0, 0.1) is 0 Å². The maximum absolute atomic E-state index is 12.3. The van der Waals surface area contributed by atoms with Crippen molar-refractivity contribution >= 4 is 10.0 Å². The monoisotopic (exact) mass is 199 g/mol. The van der Waals surface area contributed by atoms with Gasteiger partial charge in [-0.3, -0.25) is 0 Å². The van der Waals surface area contributed by atoms with E-state index in [1.54, 1.807) is 0 Å². The van der Waals surface area contributed by atoms with E-state index in [1.165, 1.54) is 13.8 Å². The molecule has 1 aliphatic carbocycles. The van der Waals surface area contributed by atoms with Gasteiger partial charge in [0.25, 0.3) is 5.92 Å². The van der Waals surface area contributed by atoms with Crippen LogP contribution in [0.2, 0.25) is 0 Å². The van der Waals surface area contributed by atoms with Gasteiger partial charge in [0, 0.05) is 6.42 Å². The average Bonchev–Trinajstić information content (AvgIpc) is 2.37. The van der Waals surface area contributed by atoms with Gasteiger partial charge >= 0.3 is 0 Å². The lowest BCUT2D eigenvalue weighted by Crippen LogP contribution is -2.34. The third-order valence-electron chi connectivity index (χ3n) is 1.75. The summed E-state index contributed by atoms with van der Waals surface area (Å²) in [5.41, 5.74) is 0. The summed E-state index contributed by atoms with van der Waals surface area (Å²) in [5, 5.41) is -0.658. The molecule has 0 aromatic rings. The van der Waals surface area contributed by atoms with Crippen LogP contribution < -0.4 is 4.72 Å². The molecule has 0 aromatic carbocycles. The Balaban J connectivity index is 2.54. The Hall–Kier alpha value is -0.230. The lowest BCUT2D eigenvalue weighted by molar-refractivity contribution is 0.110. The molecule has 1 rings (SSSR count). The molecule has 1 saturated carbocycles. The Bertz CT molecular complexity index is 273. The fraction of sp³-hybridized carbons (Fsp3) is 1.00. The molecular weight excluding hydrogens is 188 g/mol. The Morgan fingerprint density at radius 3 is 2.17 bits per heavy atom. The standard InChI is InChI=1S/C6H11F2NO2S/c1-4(2)12(10,11)9-5-3-6(5,7)8/h4-5,9H,3H2,1-2H3. The largest absolute Gasteiger partial charge is 0.266 e. The van der Waals surface area contributed by atoms with Crippen LogP contribution in [-0.4, -0.2) is 25.6 Å². The number of hydrogen-bond donors (Lipinski definition) is 1. The number of halogens is 2. The van der Waals surface area contributed by atoms with Crippen LogP contribution in [0.25, 0.3) is 0 Å². The van der Waals surface area contributed by atoms with Crippen LogP contribution in [0.15, 0.2) is 0 Å². The summed E-state index contributed by atoms with van der Waals surface area (Å²) in [5.74, 6) is -2.83. The maximum atomic E-state index is 12.3. The molecule has 0 spiro atoms. The minimum Gasteiger partial charge on any atom is -0.212 e. The zero-order valence-electron chi connectivity index (χ0n) is 6.84. The van der Waals surface area contributed by atoms with E-state index in [4.69, 9.17) is 0 Å². The molecule has 3 nitrogen and oxygen atoms in total. The van der Waals surface area contributed by atoms with Gasteiger partial charge < -0.3 is 0 Å². The van der Waals surface area contributed by atoms with E-state index in [2.05, 4.69) is 0 Å². The highest BCUT2D eigenvalue weighted by Crippen LogP contribution is 2.42. The summed E-state index contributed by atoms with van der Waals surface area (Å²) < 4.78 is 48.5. The van der Waals surface area contributed by atoms with Crippen LogP contribution in [0.1, 0.15) is 20.3 Å². The SMILES string of the molecule is CC(C)S(=O)(=O)NC1CC1(F)F. The molecule has 0 radical (unpaired) electrons.